The number of rotatable bonds is 8. The summed E-state index contributed by atoms with van der Waals surface area (Å²) < 4.78 is 4.97. The number of hydrogen-bond donors (Lipinski definition) is 1. The lowest BCUT2D eigenvalue weighted by Gasteiger charge is -2.14. The molecule has 146 valence electrons. The van der Waals surface area contributed by atoms with Crippen molar-refractivity contribution in [1.29, 1.82) is 0 Å². The molecule has 1 aromatic heterocycles. The van der Waals surface area contributed by atoms with Gasteiger partial charge in [0.1, 0.15) is 0 Å². The number of carbonyl (C=O) groups is 4. The Hall–Kier alpha value is -3.00. The van der Waals surface area contributed by atoms with Gasteiger partial charge >= 0.3 is 5.97 Å². The van der Waals surface area contributed by atoms with Gasteiger partial charge in [-0.25, -0.2) is 0 Å². The zero-order valence-corrected chi connectivity index (χ0v) is 16.2. The van der Waals surface area contributed by atoms with Crippen LogP contribution >= 0.6 is 11.3 Å². The molecule has 3 rings (SSSR count). The number of esters is 1. The monoisotopic (exact) mass is 400 g/mol. The Balaban J connectivity index is 1.38. The molecule has 7 nitrogen and oxygen atoms in total. The zero-order chi connectivity index (χ0) is 20.1. The van der Waals surface area contributed by atoms with Gasteiger partial charge in [0.2, 0.25) is 0 Å². The summed E-state index contributed by atoms with van der Waals surface area (Å²) in [7, 11) is 0. The summed E-state index contributed by atoms with van der Waals surface area (Å²) in [6.07, 6.45) is 0.290. The van der Waals surface area contributed by atoms with E-state index in [2.05, 4.69) is 5.32 Å². The van der Waals surface area contributed by atoms with Crippen molar-refractivity contribution in [2.24, 2.45) is 0 Å². The summed E-state index contributed by atoms with van der Waals surface area (Å²) in [6, 6.07) is 10.3. The van der Waals surface area contributed by atoms with E-state index in [1.807, 2.05) is 24.4 Å². The number of ether oxygens (including phenoxy) is 1. The number of thiophene rings is 1. The minimum atomic E-state index is -0.546. The van der Waals surface area contributed by atoms with Crippen molar-refractivity contribution in [3.05, 3.63) is 57.8 Å². The molecule has 8 heteroatoms. The van der Waals surface area contributed by atoms with Crippen molar-refractivity contribution in [3.63, 3.8) is 0 Å². The smallest absolute Gasteiger partial charge is 0.306 e. The first kappa shape index (κ1) is 19.8. The summed E-state index contributed by atoms with van der Waals surface area (Å²) >= 11 is 1.53. The van der Waals surface area contributed by atoms with E-state index >= 15 is 0 Å². The van der Waals surface area contributed by atoms with Gasteiger partial charge in [0.15, 0.2) is 6.61 Å². The predicted octanol–water partition coefficient (Wildman–Crippen LogP) is 2.54. The fourth-order valence-corrected chi connectivity index (χ4v) is 3.67. The summed E-state index contributed by atoms with van der Waals surface area (Å²) in [5.74, 6) is -1.63. The van der Waals surface area contributed by atoms with E-state index in [1.165, 1.54) is 11.3 Å². The average Bonchev–Trinajstić information content (AvgIpc) is 3.30. The number of fused-ring (bicyclic) bond motifs is 1. The predicted molar refractivity (Wildman–Crippen MR) is 103 cm³/mol. The van der Waals surface area contributed by atoms with E-state index in [0.29, 0.717) is 11.1 Å². The number of carbonyl (C=O) groups excluding carboxylic acids is 4. The second-order valence-corrected chi connectivity index (χ2v) is 7.36. The normalized spacial score (nSPS) is 14.0. The molecule has 28 heavy (non-hydrogen) atoms. The summed E-state index contributed by atoms with van der Waals surface area (Å²) in [5.41, 5.74) is 0.762. The molecule has 2 aromatic rings. The molecular weight excluding hydrogens is 380 g/mol. The van der Waals surface area contributed by atoms with Crippen molar-refractivity contribution in [1.82, 2.24) is 10.2 Å². The van der Waals surface area contributed by atoms with Crippen LogP contribution in [0.4, 0.5) is 0 Å². The molecule has 1 N–H and O–H groups in total. The maximum absolute atomic E-state index is 12.2. The standard InChI is InChI=1S/C20H20N2O5S/c1-13(16-8-5-11-28-16)21-17(23)12-27-18(24)9-4-10-22-19(25)14-6-2-3-7-15(14)20(22)26/h2-3,5-8,11,13H,4,9-10,12H2,1H3,(H,21,23)/t13-/m1/s1. The molecule has 1 aliphatic rings. The first-order valence-corrected chi connectivity index (χ1v) is 9.79. The first-order chi connectivity index (χ1) is 13.5. The molecule has 0 unspecified atom stereocenters. The third-order valence-corrected chi connectivity index (χ3v) is 5.41. The van der Waals surface area contributed by atoms with Gasteiger partial charge in [-0.3, -0.25) is 24.1 Å². The Kier molecular flexibility index (Phi) is 6.20. The van der Waals surface area contributed by atoms with Crippen molar-refractivity contribution in [2.45, 2.75) is 25.8 Å². The van der Waals surface area contributed by atoms with Gasteiger partial charge in [0.25, 0.3) is 17.7 Å². The van der Waals surface area contributed by atoms with Crippen LogP contribution in [0.3, 0.4) is 0 Å². The number of benzene rings is 1. The van der Waals surface area contributed by atoms with E-state index in [4.69, 9.17) is 4.74 Å². The SMILES string of the molecule is C[C@@H](NC(=O)COC(=O)CCCN1C(=O)c2ccccc2C1=O)c1cccs1. The summed E-state index contributed by atoms with van der Waals surface area (Å²) in [5, 5.41) is 4.68. The van der Waals surface area contributed by atoms with Crippen molar-refractivity contribution in [3.8, 4) is 0 Å². The Bertz CT molecular complexity index is 859. The first-order valence-electron chi connectivity index (χ1n) is 8.91. The van der Waals surface area contributed by atoms with Gasteiger partial charge in [0, 0.05) is 17.8 Å². The van der Waals surface area contributed by atoms with Gasteiger partial charge < -0.3 is 10.1 Å². The minimum Gasteiger partial charge on any atom is -0.456 e. The largest absolute Gasteiger partial charge is 0.456 e. The Morgan fingerprint density at radius 1 is 1.11 bits per heavy atom. The topological polar surface area (TPSA) is 92.8 Å². The molecular formula is C20H20N2O5S. The van der Waals surface area contributed by atoms with E-state index in [1.54, 1.807) is 24.3 Å². The fourth-order valence-electron chi connectivity index (χ4n) is 2.93. The highest BCUT2D eigenvalue weighted by Gasteiger charge is 2.34. The number of nitrogens with zero attached hydrogens (tertiary/aromatic N) is 1. The lowest BCUT2D eigenvalue weighted by molar-refractivity contribution is -0.148. The van der Waals surface area contributed by atoms with E-state index in [9.17, 15) is 19.2 Å². The van der Waals surface area contributed by atoms with Crippen molar-refractivity contribution in [2.75, 3.05) is 13.2 Å². The number of hydrogen-bond acceptors (Lipinski definition) is 6. The van der Waals surface area contributed by atoms with Crippen LogP contribution in [0.1, 0.15) is 51.4 Å². The quantitative estimate of drug-likeness (QED) is 0.543. The molecule has 0 saturated carbocycles. The number of amides is 3. The second-order valence-electron chi connectivity index (χ2n) is 6.38. The number of nitrogens with one attached hydrogen (secondary N) is 1. The van der Waals surface area contributed by atoms with Crippen molar-refractivity contribution < 1.29 is 23.9 Å². The van der Waals surface area contributed by atoms with E-state index < -0.39 is 5.97 Å². The molecule has 0 saturated heterocycles. The third-order valence-electron chi connectivity index (χ3n) is 4.35. The van der Waals surface area contributed by atoms with Gasteiger partial charge in [-0.2, -0.15) is 0 Å². The van der Waals surface area contributed by atoms with Gasteiger partial charge in [-0.05, 0) is 36.9 Å². The van der Waals surface area contributed by atoms with Crippen LogP contribution in [0.2, 0.25) is 0 Å². The van der Waals surface area contributed by atoms with Crippen LogP contribution in [0.5, 0.6) is 0 Å². The molecule has 0 radical (unpaired) electrons. The van der Waals surface area contributed by atoms with E-state index in [-0.39, 0.29) is 49.8 Å². The highest BCUT2D eigenvalue weighted by atomic mass is 32.1. The zero-order valence-electron chi connectivity index (χ0n) is 15.3. The molecule has 1 atom stereocenters. The van der Waals surface area contributed by atoms with Crippen LogP contribution in [0, 0.1) is 0 Å². The maximum Gasteiger partial charge on any atom is 0.306 e. The Morgan fingerprint density at radius 2 is 1.79 bits per heavy atom. The summed E-state index contributed by atoms with van der Waals surface area (Å²) in [4.78, 5) is 50.3. The third kappa shape index (κ3) is 4.45. The highest BCUT2D eigenvalue weighted by Crippen LogP contribution is 2.22. The van der Waals surface area contributed by atoms with Crippen molar-refractivity contribution >= 4 is 35.0 Å². The minimum absolute atomic E-state index is 0.0150. The lowest BCUT2D eigenvalue weighted by atomic mass is 10.1. The lowest BCUT2D eigenvalue weighted by Crippen LogP contribution is -2.32. The molecule has 1 aromatic carbocycles. The Morgan fingerprint density at radius 3 is 2.39 bits per heavy atom. The van der Waals surface area contributed by atoms with Crippen LogP contribution in [0.25, 0.3) is 0 Å². The van der Waals surface area contributed by atoms with Gasteiger partial charge in [0.05, 0.1) is 17.2 Å². The van der Waals surface area contributed by atoms with E-state index in [0.717, 1.165) is 9.78 Å². The fraction of sp³-hybridized carbons (Fsp3) is 0.300. The van der Waals surface area contributed by atoms with Gasteiger partial charge in [-0.15, -0.1) is 11.3 Å². The van der Waals surface area contributed by atoms with Crippen LogP contribution in [-0.4, -0.2) is 41.7 Å². The molecule has 0 spiro atoms. The molecule has 1 aliphatic heterocycles. The molecule has 0 aliphatic carbocycles. The summed E-state index contributed by atoms with van der Waals surface area (Å²) in [6.45, 7) is 1.62. The van der Waals surface area contributed by atoms with Crippen LogP contribution < -0.4 is 5.32 Å². The van der Waals surface area contributed by atoms with Gasteiger partial charge in [-0.1, -0.05) is 18.2 Å². The average molecular weight is 400 g/mol. The highest BCUT2D eigenvalue weighted by molar-refractivity contribution is 7.10. The molecule has 3 amide bonds. The van der Waals surface area contributed by atoms with Crippen LogP contribution in [-0.2, 0) is 14.3 Å². The Labute approximate surface area is 166 Å². The maximum atomic E-state index is 12.2. The van der Waals surface area contributed by atoms with Crippen LogP contribution in [0.15, 0.2) is 41.8 Å². The molecule has 0 bridgehead atoms. The number of imide groups is 1. The second kappa shape index (κ2) is 8.79. The molecule has 2 heterocycles. The molecule has 0 fully saturated rings.